The van der Waals surface area contributed by atoms with Crippen LogP contribution < -0.4 is 4.90 Å². The first-order valence-corrected chi connectivity index (χ1v) is 5.81. The summed E-state index contributed by atoms with van der Waals surface area (Å²) in [7, 11) is 0. The van der Waals surface area contributed by atoms with Crippen molar-refractivity contribution in [3.8, 4) is 0 Å². The molecule has 1 aromatic rings. The Balaban J connectivity index is 2.81. The van der Waals surface area contributed by atoms with Gasteiger partial charge in [0.25, 0.3) is 0 Å². The Morgan fingerprint density at radius 3 is 2.60 bits per heavy atom. The standard InChI is InChI=1S/C11H18ClN3/c1-4-6-7-15(5-2)10-8-9(3)13-11(12)14-10/h8H,4-7H2,1-3H3. The molecule has 0 saturated carbocycles. The lowest BCUT2D eigenvalue weighted by atomic mass is 10.3. The van der Waals surface area contributed by atoms with Crippen LogP contribution in [0.15, 0.2) is 6.07 Å². The van der Waals surface area contributed by atoms with Gasteiger partial charge in [-0.25, -0.2) is 9.97 Å². The maximum Gasteiger partial charge on any atom is 0.224 e. The topological polar surface area (TPSA) is 29.0 Å². The van der Waals surface area contributed by atoms with Gasteiger partial charge in [-0.15, -0.1) is 0 Å². The Morgan fingerprint density at radius 1 is 1.33 bits per heavy atom. The Labute approximate surface area is 96.5 Å². The van der Waals surface area contributed by atoms with Crippen molar-refractivity contribution in [1.82, 2.24) is 9.97 Å². The lowest BCUT2D eigenvalue weighted by molar-refractivity contribution is 0.722. The van der Waals surface area contributed by atoms with Crippen LogP contribution in [0.3, 0.4) is 0 Å². The van der Waals surface area contributed by atoms with Crippen LogP contribution >= 0.6 is 11.6 Å². The second-order valence-corrected chi connectivity index (χ2v) is 3.91. The van der Waals surface area contributed by atoms with Crippen LogP contribution in [0.2, 0.25) is 5.28 Å². The van der Waals surface area contributed by atoms with Crippen molar-refractivity contribution in [2.75, 3.05) is 18.0 Å². The summed E-state index contributed by atoms with van der Waals surface area (Å²) in [6, 6.07) is 1.98. The van der Waals surface area contributed by atoms with E-state index in [4.69, 9.17) is 11.6 Å². The third kappa shape index (κ3) is 3.67. The third-order valence-corrected chi connectivity index (χ3v) is 2.47. The lowest BCUT2D eigenvalue weighted by Gasteiger charge is -2.21. The zero-order chi connectivity index (χ0) is 11.3. The molecular weight excluding hydrogens is 210 g/mol. The van der Waals surface area contributed by atoms with Crippen LogP contribution in [0.25, 0.3) is 0 Å². The van der Waals surface area contributed by atoms with E-state index < -0.39 is 0 Å². The second kappa shape index (κ2) is 5.91. The van der Waals surface area contributed by atoms with E-state index >= 15 is 0 Å². The number of hydrogen-bond acceptors (Lipinski definition) is 3. The van der Waals surface area contributed by atoms with Gasteiger partial charge in [0.15, 0.2) is 0 Å². The van der Waals surface area contributed by atoms with E-state index in [2.05, 4.69) is 28.7 Å². The average molecular weight is 228 g/mol. The normalized spacial score (nSPS) is 10.4. The minimum absolute atomic E-state index is 0.333. The molecule has 0 saturated heterocycles. The molecule has 0 aliphatic rings. The van der Waals surface area contributed by atoms with Gasteiger partial charge in [-0.05, 0) is 31.9 Å². The fourth-order valence-corrected chi connectivity index (χ4v) is 1.68. The van der Waals surface area contributed by atoms with E-state index in [-0.39, 0.29) is 0 Å². The van der Waals surface area contributed by atoms with Crippen molar-refractivity contribution in [2.24, 2.45) is 0 Å². The average Bonchev–Trinajstić information content (AvgIpc) is 2.17. The van der Waals surface area contributed by atoms with E-state index in [0.29, 0.717) is 5.28 Å². The zero-order valence-corrected chi connectivity index (χ0v) is 10.4. The molecule has 0 bridgehead atoms. The predicted octanol–water partition coefficient (Wildman–Crippen LogP) is 3.06. The molecule has 0 aliphatic heterocycles. The van der Waals surface area contributed by atoms with Crippen LogP contribution in [0.1, 0.15) is 32.4 Å². The number of nitrogens with zero attached hydrogens (tertiary/aromatic N) is 3. The number of rotatable bonds is 5. The molecule has 1 aromatic heterocycles. The highest BCUT2D eigenvalue weighted by atomic mass is 35.5. The molecule has 0 radical (unpaired) electrons. The maximum atomic E-state index is 5.84. The van der Waals surface area contributed by atoms with Gasteiger partial charge < -0.3 is 4.90 Å². The molecule has 0 N–H and O–H groups in total. The molecule has 0 aromatic carbocycles. The summed E-state index contributed by atoms with van der Waals surface area (Å²) < 4.78 is 0. The smallest absolute Gasteiger partial charge is 0.224 e. The van der Waals surface area contributed by atoms with E-state index in [1.54, 1.807) is 0 Å². The first-order valence-electron chi connectivity index (χ1n) is 5.43. The van der Waals surface area contributed by atoms with Gasteiger partial charge in [-0.1, -0.05) is 13.3 Å². The number of unbranched alkanes of at least 4 members (excludes halogenated alkanes) is 1. The predicted molar refractivity (Wildman–Crippen MR) is 64.6 cm³/mol. The number of aryl methyl sites for hydroxylation is 1. The molecule has 3 nitrogen and oxygen atoms in total. The summed E-state index contributed by atoms with van der Waals surface area (Å²) in [6.45, 7) is 8.23. The van der Waals surface area contributed by atoms with Crippen molar-refractivity contribution in [3.63, 3.8) is 0 Å². The Morgan fingerprint density at radius 2 is 2.07 bits per heavy atom. The first-order chi connectivity index (χ1) is 7.17. The summed E-state index contributed by atoms with van der Waals surface area (Å²) in [6.07, 6.45) is 2.36. The Kier molecular flexibility index (Phi) is 4.82. The lowest BCUT2D eigenvalue weighted by Crippen LogP contribution is -2.25. The fraction of sp³-hybridized carbons (Fsp3) is 0.636. The van der Waals surface area contributed by atoms with Crippen molar-refractivity contribution in [3.05, 3.63) is 17.0 Å². The zero-order valence-electron chi connectivity index (χ0n) is 9.63. The minimum atomic E-state index is 0.333. The number of hydrogen-bond donors (Lipinski definition) is 0. The van der Waals surface area contributed by atoms with Crippen molar-refractivity contribution < 1.29 is 0 Å². The summed E-state index contributed by atoms with van der Waals surface area (Å²) >= 11 is 5.84. The number of halogens is 1. The fourth-order valence-electron chi connectivity index (χ4n) is 1.46. The molecule has 0 aliphatic carbocycles. The van der Waals surface area contributed by atoms with Crippen molar-refractivity contribution >= 4 is 17.4 Å². The molecule has 4 heteroatoms. The molecule has 0 spiro atoms. The highest BCUT2D eigenvalue weighted by Gasteiger charge is 2.07. The highest BCUT2D eigenvalue weighted by molar-refractivity contribution is 6.28. The van der Waals surface area contributed by atoms with Crippen LogP contribution in [-0.2, 0) is 0 Å². The quantitative estimate of drug-likeness (QED) is 0.724. The van der Waals surface area contributed by atoms with Crippen LogP contribution in [-0.4, -0.2) is 23.1 Å². The van der Waals surface area contributed by atoms with Gasteiger partial charge >= 0.3 is 0 Å². The largest absolute Gasteiger partial charge is 0.357 e. The monoisotopic (exact) mass is 227 g/mol. The van der Waals surface area contributed by atoms with E-state index in [9.17, 15) is 0 Å². The summed E-state index contributed by atoms with van der Waals surface area (Å²) in [5, 5.41) is 0.333. The van der Waals surface area contributed by atoms with Gasteiger partial charge in [0.05, 0.1) is 0 Å². The van der Waals surface area contributed by atoms with Crippen molar-refractivity contribution in [1.29, 1.82) is 0 Å². The van der Waals surface area contributed by atoms with Gasteiger partial charge in [0, 0.05) is 24.8 Å². The molecule has 15 heavy (non-hydrogen) atoms. The van der Waals surface area contributed by atoms with Crippen LogP contribution in [0.5, 0.6) is 0 Å². The Hall–Kier alpha value is -0.830. The maximum absolute atomic E-state index is 5.84. The Bertz CT molecular complexity index is 294. The minimum Gasteiger partial charge on any atom is -0.357 e. The van der Waals surface area contributed by atoms with Crippen LogP contribution in [0.4, 0.5) is 5.82 Å². The molecule has 0 unspecified atom stereocenters. The van der Waals surface area contributed by atoms with E-state index in [1.165, 1.54) is 12.8 Å². The molecule has 1 rings (SSSR count). The molecule has 1 heterocycles. The molecular formula is C11H18ClN3. The second-order valence-electron chi connectivity index (χ2n) is 3.57. The van der Waals surface area contributed by atoms with Gasteiger partial charge in [-0.2, -0.15) is 0 Å². The van der Waals surface area contributed by atoms with Gasteiger partial charge in [-0.3, -0.25) is 0 Å². The molecule has 84 valence electrons. The van der Waals surface area contributed by atoms with Crippen molar-refractivity contribution in [2.45, 2.75) is 33.6 Å². The molecule has 0 fully saturated rings. The summed E-state index contributed by atoms with van der Waals surface area (Å²) in [5.41, 5.74) is 0.917. The number of anilines is 1. The van der Waals surface area contributed by atoms with Crippen LogP contribution in [0, 0.1) is 6.92 Å². The first kappa shape index (κ1) is 12.2. The SMILES string of the molecule is CCCCN(CC)c1cc(C)nc(Cl)n1. The summed E-state index contributed by atoms with van der Waals surface area (Å²) in [5.74, 6) is 0.934. The highest BCUT2D eigenvalue weighted by Crippen LogP contribution is 2.15. The summed E-state index contributed by atoms with van der Waals surface area (Å²) in [4.78, 5) is 10.5. The van der Waals surface area contributed by atoms with E-state index in [0.717, 1.165) is 24.6 Å². The van der Waals surface area contributed by atoms with Gasteiger partial charge in [0.1, 0.15) is 5.82 Å². The molecule has 0 amide bonds. The third-order valence-electron chi connectivity index (χ3n) is 2.30. The van der Waals surface area contributed by atoms with Gasteiger partial charge in [0.2, 0.25) is 5.28 Å². The number of aromatic nitrogens is 2. The molecule has 0 atom stereocenters. The van der Waals surface area contributed by atoms with E-state index in [1.807, 2.05) is 13.0 Å².